The van der Waals surface area contributed by atoms with Gasteiger partial charge in [0.25, 0.3) is 0 Å². The van der Waals surface area contributed by atoms with Crippen LogP contribution in [-0.2, 0) is 19.1 Å². The first-order valence-corrected chi connectivity index (χ1v) is 7.53. The van der Waals surface area contributed by atoms with Gasteiger partial charge in [0.15, 0.2) is 23.3 Å². The molecule has 0 aliphatic rings. The van der Waals surface area contributed by atoms with Crippen LogP contribution in [0.5, 0.6) is 0 Å². The highest BCUT2D eigenvalue weighted by atomic mass is 19.2. The van der Waals surface area contributed by atoms with Gasteiger partial charge in [0.2, 0.25) is 0 Å². The van der Waals surface area contributed by atoms with Crippen LogP contribution in [0.25, 0.3) is 0 Å². The lowest BCUT2D eigenvalue weighted by Gasteiger charge is -2.10. The normalized spacial score (nSPS) is 9.78. The van der Waals surface area contributed by atoms with E-state index >= 15 is 0 Å². The molecule has 1 rings (SSSR count). The van der Waals surface area contributed by atoms with Crippen molar-refractivity contribution in [1.29, 1.82) is 0 Å². The predicted molar refractivity (Wildman–Crippen MR) is 80.5 cm³/mol. The van der Waals surface area contributed by atoms with Crippen LogP contribution < -0.4 is 0 Å². The van der Waals surface area contributed by atoms with Gasteiger partial charge in [-0.25, -0.2) is 27.2 Å². The Labute approximate surface area is 150 Å². The molecular weight excluding hydrogens is 380 g/mol. The highest BCUT2D eigenvalue weighted by molar-refractivity contribution is 6.00. The molecule has 0 aliphatic carbocycles. The second-order valence-corrected chi connectivity index (χ2v) is 4.55. The molecule has 0 fully saturated rings. The summed E-state index contributed by atoms with van der Waals surface area (Å²) in [4.78, 5) is 44.7. The largest absolute Gasteiger partial charge is 0.397 e. The SMILES string of the molecule is CCC(=O)OC(=O)c1c(F)c(F)c(C(=O)OC(=O)CC)c(F)c1F.CCO. The van der Waals surface area contributed by atoms with Crippen molar-refractivity contribution < 1.29 is 51.3 Å². The van der Waals surface area contributed by atoms with Gasteiger partial charge in [-0.1, -0.05) is 13.8 Å². The summed E-state index contributed by atoms with van der Waals surface area (Å²) in [7, 11) is 0. The van der Waals surface area contributed by atoms with Crippen molar-refractivity contribution in [2.75, 3.05) is 6.61 Å². The Morgan fingerprint density at radius 3 is 1.11 bits per heavy atom. The van der Waals surface area contributed by atoms with Crippen LogP contribution >= 0.6 is 0 Å². The summed E-state index contributed by atoms with van der Waals surface area (Å²) in [5.74, 6) is -15.4. The maximum Gasteiger partial charge on any atom is 0.352 e. The van der Waals surface area contributed by atoms with Gasteiger partial charge >= 0.3 is 23.9 Å². The minimum atomic E-state index is -2.27. The van der Waals surface area contributed by atoms with Gasteiger partial charge in [0.05, 0.1) is 0 Å². The van der Waals surface area contributed by atoms with E-state index in [0.717, 1.165) is 0 Å². The average Bonchev–Trinajstić information content (AvgIpc) is 2.60. The van der Waals surface area contributed by atoms with Gasteiger partial charge in [0.1, 0.15) is 11.1 Å². The molecule has 1 aromatic rings. The van der Waals surface area contributed by atoms with E-state index in [1.54, 1.807) is 6.92 Å². The van der Waals surface area contributed by atoms with Crippen LogP contribution in [0.2, 0.25) is 0 Å². The Hall–Kier alpha value is -2.82. The Balaban J connectivity index is 0.00000210. The van der Waals surface area contributed by atoms with Crippen molar-refractivity contribution in [1.82, 2.24) is 0 Å². The molecule has 0 heterocycles. The number of aliphatic hydroxyl groups excluding tert-OH is 1. The molecule has 0 amide bonds. The van der Waals surface area contributed by atoms with Crippen LogP contribution in [0, 0.1) is 23.3 Å². The number of carbonyl (C=O) groups excluding carboxylic acids is 4. The van der Waals surface area contributed by atoms with E-state index < -0.39 is 58.3 Å². The summed E-state index contributed by atoms with van der Waals surface area (Å²) >= 11 is 0. The first-order chi connectivity index (χ1) is 12.6. The van der Waals surface area contributed by atoms with E-state index in [4.69, 9.17) is 5.11 Å². The van der Waals surface area contributed by atoms with Crippen LogP contribution in [0.4, 0.5) is 17.6 Å². The Morgan fingerprint density at radius 2 is 0.926 bits per heavy atom. The summed E-state index contributed by atoms with van der Waals surface area (Å²) in [6, 6.07) is 0. The van der Waals surface area contributed by atoms with Crippen molar-refractivity contribution in [3.05, 3.63) is 34.4 Å². The number of ether oxygens (including phenoxy) is 2. The quantitative estimate of drug-likeness (QED) is 0.360. The third-order valence-corrected chi connectivity index (χ3v) is 2.66. The van der Waals surface area contributed by atoms with E-state index in [0.29, 0.717) is 0 Å². The fraction of sp³-hybridized carbons (Fsp3) is 0.375. The third-order valence-electron chi connectivity index (χ3n) is 2.66. The number of carbonyl (C=O) groups is 4. The molecule has 0 aromatic heterocycles. The van der Waals surface area contributed by atoms with Crippen LogP contribution in [0.15, 0.2) is 0 Å². The summed E-state index contributed by atoms with van der Waals surface area (Å²) in [5, 5.41) is 7.57. The van der Waals surface area contributed by atoms with Crippen molar-refractivity contribution in [2.24, 2.45) is 0 Å². The first kappa shape index (κ1) is 24.2. The third kappa shape index (κ3) is 6.13. The van der Waals surface area contributed by atoms with Crippen molar-refractivity contribution >= 4 is 23.9 Å². The van der Waals surface area contributed by atoms with Crippen LogP contribution in [0.1, 0.15) is 54.3 Å². The number of benzene rings is 1. The van der Waals surface area contributed by atoms with Gasteiger partial charge in [-0.05, 0) is 6.92 Å². The zero-order chi connectivity index (χ0) is 21.3. The summed E-state index contributed by atoms with van der Waals surface area (Å²) in [5.41, 5.74) is -3.66. The molecule has 150 valence electrons. The highest BCUT2D eigenvalue weighted by Crippen LogP contribution is 2.25. The van der Waals surface area contributed by atoms with Gasteiger partial charge in [0, 0.05) is 19.4 Å². The molecule has 0 aliphatic heterocycles. The Bertz CT molecular complexity index is 657. The average molecular weight is 396 g/mol. The lowest BCUT2D eigenvalue weighted by molar-refractivity contribution is -0.138. The fourth-order valence-electron chi connectivity index (χ4n) is 1.44. The van der Waals surface area contributed by atoms with Gasteiger partial charge in [-0.15, -0.1) is 0 Å². The van der Waals surface area contributed by atoms with Crippen molar-refractivity contribution in [3.63, 3.8) is 0 Å². The predicted octanol–water partition coefficient (Wildman–Crippen LogP) is 2.43. The molecule has 1 N–H and O–H groups in total. The van der Waals surface area contributed by atoms with Gasteiger partial charge < -0.3 is 14.6 Å². The number of rotatable bonds is 4. The zero-order valence-electron chi connectivity index (χ0n) is 14.5. The van der Waals surface area contributed by atoms with Crippen LogP contribution in [0.3, 0.4) is 0 Å². The highest BCUT2D eigenvalue weighted by Gasteiger charge is 2.35. The molecule has 0 atom stereocenters. The molecular formula is C16H16F4O7. The van der Waals surface area contributed by atoms with Gasteiger partial charge in [-0.2, -0.15) is 0 Å². The number of hydrogen-bond donors (Lipinski definition) is 1. The number of esters is 4. The second kappa shape index (κ2) is 11.0. The fourth-order valence-corrected chi connectivity index (χ4v) is 1.44. The minimum Gasteiger partial charge on any atom is -0.397 e. The molecule has 0 unspecified atom stereocenters. The lowest BCUT2D eigenvalue weighted by atomic mass is 10.1. The van der Waals surface area contributed by atoms with E-state index in [-0.39, 0.29) is 19.4 Å². The molecule has 0 bridgehead atoms. The van der Waals surface area contributed by atoms with E-state index in [9.17, 15) is 36.7 Å². The van der Waals surface area contributed by atoms with Crippen molar-refractivity contribution in [2.45, 2.75) is 33.6 Å². The molecule has 0 spiro atoms. The molecule has 27 heavy (non-hydrogen) atoms. The zero-order valence-corrected chi connectivity index (χ0v) is 14.5. The number of hydrogen-bond acceptors (Lipinski definition) is 7. The molecule has 7 nitrogen and oxygen atoms in total. The number of aliphatic hydroxyl groups is 1. The molecule has 0 saturated heterocycles. The van der Waals surface area contributed by atoms with Crippen LogP contribution in [-0.4, -0.2) is 35.6 Å². The smallest absolute Gasteiger partial charge is 0.352 e. The molecule has 0 radical (unpaired) electrons. The van der Waals surface area contributed by atoms with E-state index in [1.807, 2.05) is 0 Å². The Morgan fingerprint density at radius 1 is 0.704 bits per heavy atom. The van der Waals surface area contributed by atoms with Crippen molar-refractivity contribution in [3.8, 4) is 0 Å². The summed E-state index contributed by atoms with van der Waals surface area (Å²) in [6.45, 7) is 4.45. The topological polar surface area (TPSA) is 107 Å². The second-order valence-electron chi connectivity index (χ2n) is 4.55. The molecule has 1 aromatic carbocycles. The number of halogens is 4. The summed E-state index contributed by atoms with van der Waals surface area (Å²) < 4.78 is 63.2. The maximum absolute atomic E-state index is 13.8. The molecule has 0 saturated carbocycles. The monoisotopic (exact) mass is 396 g/mol. The Kier molecular flexibility index (Phi) is 9.86. The summed E-state index contributed by atoms with van der Waals surface area (Å²) in [6.07, 6.45) is -0.688. The first-order valence-electron chi connectivity index (χ1n) is 7.53. The maximum atomic E-state index is 13.8. The van der Waals surface area contributed by atoms with Gasteiger partial charge in [-0.3, -0.25) is 9.59 Å². The lowest BCUT2D eigenvalue weighted by Crippen LogP contribution is -2.22. The molecule has 11 heteroatoms. The standard InChI is InChI=1S/C14H10F4O6.C2H6O/c1-3-5(19)23-13(21)7-9(15)11(17)8(12(18)10(7)16)14(22)24-6(20)4-2;1-2-3/h3-4H2,1-2H3;3H,2H2,1H3. The van der Waals surface area contributed by atoms with E-state index in [2.05, 4.69) is 9.47 Å². The minimum absolute atomic E-state index is 0.250. The van der Waals surface area contributed by atoms with E-state index in [1.165, 1.54) is 13.8 Å².